The van der Waals surface area contributed by atoms with Crippen molar-refractivity contribution in [3.63, 3.8) is 0 Å². The highest BCUT2D eigenvalue weighted by molar-refractivity contribution is 7.11. The van der Waals surface area contributed by atoms with Gasteiger partial charge in [0.2, 0.25) is 0 Å². The minimum absolute atomic E-state index is 0.235. The number of hydrogen-bond acceptors (Lipinski definition) is 4. The molecule has 1 aromatic rings. The second-order valence-corrected chi connectivity index (χ2v) is 6.06. The van der Waals surface area contributed by atoms with E-state index in [9.17, 15) is 0 Å². The molecule has 0 saturated carbocycles. The van der Waals surface area contributed by atoms with Gasteiger partial charge in [0.05, 0.1) is 0 Å². The van der Waals surface area contributed by atoms with Gasteiger partial charge in [-0.1, -0.05) is 20.8 Å². The molecule has 0 radical (unpaired) electrons. The Labute approximate surface area is 109 Å². The van der Waals surface area contributed by atoms with Crippen molar-refractivity contribution in [3.8, 4) is 0 Å². The van der Waals surface area contributed by atoms with Gasteiger partial charge in [-0.05, 0) is 25.8 Å². The van der Waals surface area contributed by atoms with Crippen LogP contribution in [-0.2, 0) is 16.9 Å². The third-order valence-corrected chi connectivity index (χ3v) is 4.23. The molecule has 0 amide bonds. The molecule has 0 aliphatic rings. The summed E-state index contributed by atoms with van der Waals surface area (Å²) in [5.41, 5.74) is -0.235. The van der Waals surface area contributed by atoms with Crippen molar-refractivity contribution < 1.29 is 4.74 Å². The molecular formula is C13H24N2OS. The average Bonchev–Trinajstić information content (AvgIpc) is 2.77. The number of hydrogen-bond donors (Lipinski definition) is 1. The summed E-state index contributed by atoms with van der Waals surface area (Å²) in [6, 6.07) is 0. The van der Waals surface area contributed by atoms with Crippen LogP contribution in [0.15, 0.2) is 6.20 Å². The Morgan fingerprint density at radius 3 is 2.76 bits per heavy atom. The number of methoxy groups -OCH3 is 1. The number of rotatable bonds is 7. The molecular weight excluding hydrogens is 232 g/mol. The van der Waals surface area contributed by atoms with Crippen molar-refractivity contribution in [2.45, 2.75) is 46.3 Å². The molecule has 0 bridgehead atoms. The summed E-state index contributed by atoms with van der Waals surface area (Å²) in [6.07, 6.45) is 2.90. The molecule has 1 rings (SSSR count). The lowest BCUT2D eigenvalue weighted by Crippen LogP contribution is -2.22. The summed E-state index contributed by atoms with van der Waals surface area (Å²) in [5, 5.41) is 4.50. The SMILES string of the molecule is CCC(C)(OC)c1ncc(CNCC(C)C)s1. The maximum absolute atomic E-state index is 5.56. The lowest BCUT2D eigenvalue weighted by molar-refractivity contribution is -0.00156. The van der Waals surface area contributed by atoms with E-state index in [4.69, 9.17) is 4.74 Å². The molecule has 4 heteroatoms. The fraction of sp³-hybridized carbons (Fsp3) is 0.769. The Hall–Kier alpha value is -0.450. The lowest BCUT2D eigenvalue weighted by atomic mass is 10.1. The summed E-state index contributed by atoms with van der Waals surface area (Å²) in [7, 11) is 1.75. The molecule has 0 aliphatic heterocycles. The topological polar surface area (TPSA) is 34.1 Å². The van der Waals surface area contributed by atoms with Crippen molar-refractivity contribution in [3.05, 3.63) is 16.1 Å². The van der Waals surface area contributed by atoms with Crippen LogP contribution < -0.4 is 5.32 Å². The van der Waals surface area contributed by atoms with Crippen LogP contribution in [0.2, 0.25) is 0 Å². The number of ether oxygens (including phenoxy) is 1. The molecule has 0 spiro atoms. The van der Waals surface area contributed by atoms with E-state index in [0.717, 1.165) is 24.5 Å². The van der Waals surface area contributed by atoms with Crippen LogP contribution in [0, 0.1) is 5.92 Å². The Morgan fingerprint density at radius 1 is 1.53 bits per heavy atom. The predicted molar refractivity (Wildman–Crippen MR) is 73.3 cm³/mol. The van der Waals surface area contributed by atoms with E-state index < -0.39 is 0 Å². The molecule has 0 aliphatic carbocycles. The highest BCUT2D eigenvalue weighted by Crippen LogP contribution is 2.31. The number of aromatic nitrogens is 1. The van der Waals surface area contributed by atoms with Crippen molar-refractivity contribution in [1.29, 1.82) is 0 Å². The molecule has 1 unspecified atom stereocenters. The first-order valence-corrected chi connectivity index (χ1v) is 7.04. The third-order valence-electron chi connectivity index (χ3n) is 2.98. The van der Waals surface area contributed by atoms with E-state index in [1.54, 1.807) is 18.4 Å². The molecule has 0 fully saturated rings. The minimum atomic E-state index is -0.235. The lowest BCUT2D eigenvalue weighted by Gasteiger charge is -2.23. The summed E-state index contributed by atoms with van der Waals surface area (Å²) < 4.78 is 5.56. The van der Waals surface area contributed by atoms with Gasteiger partial charge in [0, 0.05) is 24.7 Å². The van der Waals surface area contributed by atoms with Crippen LogP contribution in [-0.4, -0.2) is 18.6 Å². The van der Waals surface area contributed by atoms with Crippen molar-refractivity contribution >= 4 is 11.3 Å². The highest BCUT2D eigenvalue weighted by Gasteiger charge is 2.27. The molecule has 1 aromatic heterocycles. The zero-order valence-electron chi connectivity index (χ0n) is 11.5. The van der Waals surface area contributed by atoms with Crippen LogP contribution in [0.25, 0.3) is 0 Å². The zero-order valence-corrected chi connectivity index (χ0v) is 12.4. The molecule has 1 N–H and O–H groups in total. The van der Waals surface area contributed by atoms with Crippen molar-refractivity contribution in [1.82, 2.24) is 10.3 Å². The number of thiazole rings is 1. The monoisotopic (exact) mass is 256 g/mol. The van der Waals surface area contributed by atoms with Gasteiger partial charge >= 0.3 is 0 Å². The van der Waals surface area contributed by atoms with E-state index in [0.29, 0.717) is 5.92 Å². The number of nitrogens with one attached hydrogen (secondary N) is 1. The molecule has 0 aromatic carbocycles. The molecule has 0 saturated heterocycles. The van der Waals surface area contributed by atoms with E-state index >= 15 is 0 Å². The smallest absolute Gasteiger partial charge is 0.125 e. The van der Waals surface area contributed by atoms with Gasteiger partial charge in [-0.25, -0.2) is 4.98 Å². The first kappa shape index (κ1) is 14.6. The van der Waals surface area contributed by atoms with Crippen molar-refractivity contribution in [2.24, 2.45) is 5.92 Å². The van der Waals surface area contributed by atoms with Crippen molar-refractivity contribution in [2.75, 3.05) is 13.7 Å². The predicted octanol–water partition coefficient (Wildman–Crippen LogP) is 3.16. The van der Waals surface area contributed by atoms with E-state index in [-0.39, 0.29) is 5.60 Å². The first-order valence-electron chi connectivity index (χ1n) is 6.23. The Bertz CT molecular complexity index is 332. The summed E-state index contributed by atoms with van der Waals surface area (Å²) >= 11 is 1.74. The third kappa shape index (κ3) is 4.05. The van der Waals surface area contributed by atoms with Gasteiger partial charge in [0.1, 0.15) is 10.6 Å². The van der Waals surface area contributed by atoms with Gasteiger partial charge in [-0.3, -0.25) is 0 Å². The molecule has 1 atom stereocenters. The first-order chi connectivity index (χ1) is 8.01. The van der Waals surface area contributed by atoms with E-state index in [1.807, 2.05) is 6.20 Å². The number of nitrogens with zero attached hydrogens (tertiary/aromatic N) is 1. The Kier molecular flexibility index (Phi) is 5.56. The van der Waals surface area contributed by atoms with E-state index in [2.05, 4.69) is 38.0 Å². The fourth-order valence-corrected chi connectivity index (χ4v) is 2.58. The summed E-state index contributed by atoms with van der Waals surface area (Å²) in [4.78, 5) is 5.76. The van der Waals surface area contributed by atoms with Crippen LogP contribution in [0.4, 0.5) is 0 Å². The van der Waals surface area contributed by atoms with Gasteiger partial charge in [0.15, 0.2) is 0 Å². The largest absolute Gasteiger partial charge is 0.371 e. The molecule has 3 nitrogen and oxygen atoms in total. The van der Waals surface area contributed by atoms with E-state index in [1.165, 1.54) is 4.88 Å². The zero-order chi connectivity index (χ0) is 12.9. The summed E-state index contributed by atoms with van der Waals surface area (Å²) in [5.74, 6) is 0.683. The van der Waals surface area contributed by atoms with Crippen LogP contribution in [0.5, 0.6) is 0 Å². The Balaban J connectivity index is 2.59. The Morgan fingerprint density at radius 2 is 2.24 bits per heavy atom. The quantitative estimate of drug-likeness (QED) is 0.813. The molecule has 1 heterocycles. The second-order valence-electron chi connectivity index (χ2n) is 4.95. The molecule has 17 heavy (non-hydrogen) atoms. The normalized spacial score (nSPS) is 15.2. The fourth-order valence-electron chi connectivity index (χ4n) is 1.50. The van der Waals surface area contributed by atoms with Crippen LogP contribution in [0.1, 0.15) is 44.0 Å². The minimum Gasteiger partial charge on any atom is -0.371 e. The second kappa shape index (κ2) is 6.47. The van der Waals surface area contributed by atoms with Gasteiger partial charge in [-0.2, -0.15) is 0 Å². The maximum atomic E-state index is 5.56. The maximum Gasteiger partial charge on any atom is 0.125 e. The molecule has 98 valence electrons. The highest BCUT2D eigenvalue weighted by atomic mass is 32.1. The van der Waals surface area contributed by atoms with Gasteiger partial charge in [-0.15, -0.1) is 11.3 Å². The van der Waals surface area contributed by atoms with Crippen LogP contribution >= 0.6 is 11.3 Å². The standard InChI is InChI=1S/C13H24N2OS/c1-6-13(4,16-5)12-15-9-11(17-12)8-14-7-10(2)3/h9-10,14H,6-8H2,1-5H3. The van der Waals surface area contributed by atoms with Gasteiger partial charge in [0.25, 0.3) is 0 Å². The van der Waals surface area contributed by atoms with Gasteiger partial charge < -0.3 is 10.1 Å². The average molecular weight is 256 g/mol. The summed E-state index contributed by atoms with van der Waals surface area (Å²) in [6.45, 7) is 10.6. The van der Waals surface area contributed by atoms with Crippen LogP contribution in [0.3, 0.4) is 0 Å².